The smallest absolute Gasteiger partial charge is 0.142 e. The molecule has 0 aliphatic heterocycles. The molecule has 0 heterocycles. The Balaban J connectivity index is 3.37. The summed E-state index contributed by atoms with van der Waals surface area (Å²) >= 11 is 16.2. The van der Waals surface area contributed by atoms with Gasteiger partial charge in [-0.2, -0.15) is 0 Å². The maximum atomic E-state index is 8.40. The predicted molar refractivity (Wildman–Crippen MR) is 36.9 cm³/mol. The topological polar surface area (TPSA) is 20.2 Å². The second-order valence-electron chi connectivity index (χ2n) is 1.45. The van der Waals surface area contributed by atoms with E-state index in [-0.39, 0.29) is 6.61 Å². The Hall–Kier alpha value is 0.830. The molecule has 0 amide bonds. The number of aliphatic hydroxyl groups excluding tert-OH is 1. The largest absolute Gasteiger partial charge is 0.393 e. The van der Waals surface area contributed by atoms with Gasteiger partial charge < -0.3 is 5.11 Å². The molecule has 0 saturated carbocycles. The minimum absolute atomic E-state index is 0.247. The van der Waals surface area contributed by atoms with Gasteiger partial charge in [0.2, 0.25) is 0 Å². The number of rotatable bonds is 3. The molecule has 0 aliphatic carbocycles. The third-order valence-electron chi connectivity index (χ3n) is 0.692. The van der Waals surface area contributed by atoms with Crippen LogP contribution in [0.3, 0.4) is 0 Å². The monoisotopic (exact) mass is 176 g/mol. The van der Waals surface area contributed by atoms with Crippen molar-refractivity contribution in [3.63, 3.8) is 0 Å². The highest BCUT2D eigenvalue weighted by molar-refractivity contribution is 6.48. The number of hydrogen-bond donors (Lipinski definition) is 1. The molecule has 0 atom stereocenters. The second-order valence-corrected chi connectivity index (χ2v) is 3.47. The van der Waals surface area contributed by atoms with Crippen LogP contribution in [-0.4, -0.2) is 21.9 Å². The minimum atomic E-state index is -1.04. The maximum Gasteiger partial charge on any atom is 0.142 e. The zero-order valence-electron chi connectivity index (χ0n) is 4.20. The summed E-state index contributed by atoms with van der Waals surface area (Å²) in [6.07, 6.45) is 0.411. The molecule has 0 aliphatic rings. The standard InChI is InChI=1S/C4H7Cl3O/c5-2-1-4(6,7)3-8/h8H,1-3H2. The molecule has 0 aromatic carbocycles. The zero-order valence-corrected chi connectivity index (χ0v) is 6.47. The molecular weight excluding hydrogens is 170 g/mol. The van der Waals surface area contributed by atoms with E-state index in [1.807, 2.05) is 0 Å². The summed E-state index contributed by atoms with van der Waals surface area (Å²) in [5, 5.41) is 8.40. The van der Waals surface area contributed by atoms with Crippen LogP contribution in [-0.2, 0) is 0 Å². The molecule has 0 saturated heterocycles. The normalized spacial score (nSPS) is 12.0. The van der Waals surface area contributed by atoms with Crippen LogP contribution in [0.2, 0.25) is 0 Å². The first-order valence-electron chi connectivity index (χ1n) is 2.17. The van der Waals surface area contributed by atoms with Crippen LogP contribution in [0.25, 0.3) is 0 Å². The lowest BCUT2D eigenvalue weighted by molar-refractivity contribution is 0.277. The summed E-state index contributed by atoms with van der Waals surface area (Å²) in [6, 6.07) is 0. The Kier molecular flexibility index (Phi) is 4.17. The van der Waals surface area contributed by atoms with Crippen LogP contribution in [0.5, 0.6) is 0 Å². The first kappa shape index (κ1) is 8.83. The summed E-state index contributed by atoms with van der Waals surface area (Å²) in [6.45, 7) is -0.247. The van der Waals surface area contributed by atoms with E-state index in [0.29, 0.717) is 12.3 Å². The van der Waals surface area contributed by atoms with Gasteiger partial charge in [0.05, 0.1) is 6.61 Å². The summed E-state index contributed by atoms with van der Waals surface area (Å²) in [7, 11) is 0. The fourth-order valence-electron chi connectivity index (χ4n) is 0.217. The molecule has 0 unspecified atom stereocenters. The van der Waals surface area contributed by atoms with E-state index in [1.165, 1.54) is 0 Å². The van der Waals surface area contributed by atoms with Gasteiger partial charge in [-0.1, -0.05) is 23.2 Å². The highest BCUT2D eigenvalue weighted by Crippen LogP contribution is 2.24. The molecule has 0 fully saturated rings. The van der Waals surface area contributed by atoms with Crippen molar-refractivity contribution in [2.45, 2.75) is 10.8 Å². The van der Waals surface area contributed by atoms with Gasteiger partial charge in [-0.15, -0.1) is 11.6 Å². The van der Waals surface area contributed by atoms with Crippen molar-refractivity contribution in [2.24, 2.45) is 0 Å². The summed E-state index contributed by atoms with van der Waals surface area (Å²) in [5.41, 5.74) is 0. The number of hydrogen-bond acceptors (Lipinski definition) is 1. The summed E-state index contributed by atoms with van der Waals surface area (Å²) in [5.74, 6) is 0.369. The van der Waals surface area contributed by atoms with E-state index < -0.39 is 4.33 Å². The van der Waals surface area contributed by atoms with E-state index in [2.05, 4.69) is 0 Å². The van der Waals surface area contributed by atoms with Crippen LogP contribution in [0.1, 0.15) is 6.42 Å². The van der Waals surface area contributed by atoms with Gasteiger partial charge in [-0.25, -0.2) is 0 Å². The fraction of sp³-hybridized carbons (Fsp3) is 1.00. The van der Waals surface area contributed by atoms with Crippen molar-refractivity contribution < 1.29 is 5.11 Å². The molecule has 4 heteroatoms. The van der Waals surface area contributed by atoms with E-state index in [1.54, 1.807) is 0 Å². The SMILES string of the molecule is OCC(Cl)(Cl)CCCl. The third kappa shape index (κ3) is 3.79. The van der Waals surface area contributed by atoms with Crippen LogP contribution in [0.15, 0.2) is 0 Å². The van der Waals surface area contributed by atoms with Crippen molar-refractivity contribution in [1.82, 2.24) is 0 Å². The molecule has 8 heavy (non-hydrogen) atoms. The van der Waals surface area contributed by atoms with Gasteiger partial charge in [-0.3, -0.25) is 0 Å². The molecule has 0 bridgehead atoms. The van der Waals surface area contributed by atoms with E-state index in [0.717, 1.165) is 0 Å². The predicted octanol–water partition coefficient (Wildman–Crippen LogP) is 1.78. The number of aliphatic hydroxyl groups is 1. The summed E-state index contributed by atoms with van der Waals surface area (Å²) < 4.78 is -1.04. The lowest BCUT2D eigenvalue weighted by atomic mass is 10.3. The molecule has 0 aromatic rings. The first-order chi connectivity index (χ1) is 3.62. The number of halogens is 3. The lowest BCUT2D eigenvalue weighted by Crippen LogP contribution is -2.18. The van der Waals surface area contributed by atoms with E-state index >= 15 is 0 Å². The van der Waals surface area contributed by atoms with Gasteiger partial charge >= 0.3 is 0 Å². The highest BCUT2D eigenvalue weighted by atomic mass is 35.5. The van der Waals surface area contributed by atoms with Gasteiger partial charge in [-0.05, 0) is 6.42 Å². The van der Waals surface area contributed by atoms with Gasteiger partial charge in [0.1, 0.15) is 4.33 Å². The Bertz CT molecular complexity index is 64.3. The molecule has 0 radical (unpaired) electrons. The molecule has 1 N–H and O–H groups in total. The van der Waals surface area contributed by atoms with Gasteiger partial charge in [0.25, 0.3) is 0 Å². The Labute approximate surface area is 63.5 Å². The fourth-order valence-corrected chi connectivity index (χ4v) is 0.922. The van der Waals surface area contributed by atoms with Crippen LogP contribution in [0, 0.1) is 0 Å². The van der Waals surface area contributed by atoms with Crippen LogP contribution < -0.4 is 0 Å². The van der Waals surface area contributed by atoms with Gasteiger partial charge in [0.15, 0.2) is 0 Å². The third-order valence-corrected chi connectivity index (χ3v) is 1.50. The van der Waals surface area contributed by atoms with Crippen LogP contribution >= 0.6 is 34.8 Å². The first-order valence-corrected chi connectivity index (χ1v) is 3.46. The minimum Gasteiger partial charge on any atom is -0.393 e. The number of alkyl halides is 3. The quantitative estimate of drug-likeness (QED) is 0.652. The lowest BCUT2D eigenvalue weighted by Gasteiger charge is -2.12. The van der Waals surface area contributed by atoms with Crippen molar-refractivity contribution in [1.29, 1.82) is 0 Å². The maximum absolute atomic E-state index is 8.40. The van der Waals surface area contributed by atoms with Crippen LogP contribution in [0.4, 0.5) is 0 Å². The van der Waals surface area contributed by atoms with Crippen molar-refractivity contribution in [3.8, 4) is 0 Å². The molecule has 0 rings (SSSR count). The van der Waals surface area contributed by atoms with Crippen molar-refractivity contribution >= 4 is 34.8 Å². The Morgan fingerprint density at radius 1 is 1.38 bits per heavy atom. The zero-order chi connectivity index (χ0) is 6.62. The average Bonchev–Trinajstić information content (AvgIpc) is 1.67. The van der Waals surface area contributed by atoms with Crippen molar-refractivity contribution in [2.75, 3.05) is 12.5 Å². The summed E-state index contributed by atoms with van der Waals surface area (Å²) in [4.78, 5) is 0. The molecule has 1 nitrogen and oxygen atoms in total. The van der Waals surface area contributed by atoms with Crippen molar-refractivity contribution in [3.05, 3.63) is 0 Å². The molecule has 0 spiro atoms. The Morgan fingerprint density at radius 3 is 2.00 bits per heavy atom. The molecular formula is C4H7Cl3O. The highest BCUT2D eigenvalue weighted by Gasteiger charge is 2.20. The molecule has 0 aromatic heterocycles. The van der Waals surface area contributed by atoms with Gasteiger partial charge in [0, 0.05) is 5.88 Å². The molecule has 50 valence electrons. The van der Waals surface area contributed by atoms with E-state index in [4.69, 9.17) is 39.9 Å². The average molecular weight is 177 g/mol. The van der Waals surface area contributed by atoms with E-state index in [9.17, 15) is 0 Å². The Morgan fingerprint density at radius 2 is 1.88 bits per heavy atom. The second kappa shape index (κ2) is 3.78.